The van der Waals surface area contributed by atoms with Gasteiger partial charge in [-0.2, -0.15) is 0 Å². The van der Waals surface area contributed by atoms with E-state index in [0.717, 1.165) is 5.56 Å². The van der Waals surface area contributed by atoms with Crippen LogP contribution in [0.1, 0.15) is 5.56 Å². The molecule has 17 heavy (non-hydrogen) atoms. The third kappa shape index (κ3) is 4.37. The van der Waals surface area contributed by atoms with Crippen molar-refractivity contribution in [2.24, 2.45) is 5.73 Å². The van der Waals surface area contributed by atoms with Crippen molar-refractivity contribution in [3.8, 4) is 0 Å². The Labute approximate surface area is 98.1 Å². The van der Waals surface area contributed by atoms with Gasteiger partial charge >= 0.3 is 6.03 Å². The van der Waals surface area contributed by atoms with E-state index in [1.165, 1.54) is 12.1 Å². The molecule has 0 aliphatic carbocycles. The second kappa shape index (κ2) is 5.69. The van der Waals surface area contributed by atoms with Crippen LogP contribution in [0.3, 0.4) is 0 Å². The summed E-state index contributed by atoms with van der Waals surface area (Å²) in [6, 6.07) is 4.13. The van der Waals surface area contributed by atoms with Crippen LogP contribution in [0.5, 0.6) is 0 Å². The van der Waals surface area contributed by atoms with E-state index in [1.54, 1.807) is 13.0 Å². The van der Waals surface area contributed by atoms with Crippen LogP contribution in [0.2, 0.25) is 0 Å². The molecule has 7 nitrogen and oxygen atoms in total. The van der Waals surface area contributed by atoms with Crippen molar-refractivity contribution < 1.29 is 9.72 Å². The molecule has 1 aromatic rings. The zero-order valence-electron chi connectivity index (χ0n) is 9.40. The van der Waals surface area contributed by atoms with Crippen LogP contribution >= 0.6 is 0 Å². The molecule has 0 saturated heterocycles. The largest absolute Gasteiger partial charge is 0.383 e. The van der Waals surface area contributed by atoms with Crippen LogP contribution in [-0.4, -0.2) is 24.0 Å². The van der Waals surface area contributed by atoms with E-state index in [0.29, 0.717) is 18.8 Å². The highest BCUT2D eigenvalue weighted by Crippen LogP contribution is 2.19. The molecular weight excluding hydrogens is 224 g/mol. The number of carbonyl (C=O) groups is 1. The number of nitro groups is 1. The number of nitrogens with zero attached hydrogens (tertiary/aromatic N) is 1. The monoisotopic (exact) mass is 238 g/mol. The Kier molecular flexibility index (Phi) is 4.27. The molecule has 0 unspecified atom stereocenters. The number of nitrogens with one attached hydrogen (secondary N) is 2. The fourth-order valence-corrected chi connectivity index (χ4v) is 1.36. The van der Waals surface area contributed by atoms with Gasteiger partial charge in [0.1, 0.15) is 0 Å². The van der Waals surface area contributed by atoms with Crippen LogP contribution in [-0.2, 0) is 0 Å². The number of carbonyl (C=O) groups excluding carboxylic acids is 1. The van der Waals surface area contributed by atoms with Crippen LogP contribution in [0, 0.1) is 17.0 Å². The van der Waals surface area contributed by atoms with Crippen molar-refractivity contribution in [1.82, 2.24) is 5.32 Å². The summed E-state index contributed by atoms with van der Waals surface area (Å²) in [5.41, 5.74) is 6.37. The molecule has 1 rings (SSSR count). The summed E-state index contributed by atoms with van der Waals surface area (Å²) in [5, 5.41) is 16.0. The number of aryl methyl sites for hydroxylation is 1. The molecule has 0 aliphatic rings. The van der Waals surface area contributed by atoms with Crippen molar-refractivity contribution in [2.75, 3.05) is 18.4 Å². The number of benzene rings is 1. The SMILES string of the molecule is Cc1cc(NCCNC(N)=O)cc([N+](=O)[O-])c1. The summed E-state index contributed by atoms with van der Waals surface area (Å²) < 4.78 is 0. The number of non-ortho nitro benzene ring substituents is 1. The minimum absolute atomic E-state index is 0.0374. The predicted molar refractivity (Wildman–Crippen MR) is 63.9 cm³/mol. The third-order valence-corrected chi connectivity index (χ3v) is 2.03. The molecule has 2 amide bonds. The number of anilines is 1. The van der Waals surface area contributed by atoms with E-state index >= 15 is 0 Å². The lowest BCUT2D eigenvalue weighted by Crippen LogP contribution is -2.33. The minimum atomic E-state index is -0.595. The number of primary amides is 1. The molecule has 0 spiro atoms. The Morgan fingerprint density at radius 1 is 1.41 bits per heavy atom. The van der Waals surface area contributed by atoms with Crippen molar-refractivity contribution in [3.63, 3.8) is 0 Å². The zero-order chi connectivity index (χ0) is 12.8. The molecule has 0 fully saturated rings. The van der Waals surface area contributed by atoms with E-state index in [2.05, 4.69) is 10.6 Å². The Morgan fingerprint density at radius 3 is 2.71 bits per heavy atom. The Balaban J connectivity index is 2.59. The lowest BCUT2D eigenvalue weighted by Gasteiger charge is -2.07. The molecule has 92 valence electrons. The van der Waals surface area contributed by atoms with Gasteiger partial charge in [-0.1, -0.05) is 0 Å². The standard InChI is InChI=1S/C10H14N4O3/c1-7-4-8(6-9(5-7)14(16)17)12-2-3-13-10(11)15/h4-6,12H,2-3H2,1H3,(H3,11,13,15). The molecule has 4 N–H and O–H groups in total. The third-order valence-electron chi connectivity index (χ3n) is 2.03. The molecule has 0 aliphatic heterocycles. The predicted octanol–water partition coefficient (Wildman–Crippen LogP) is 0.983. The van der Waals surface area contributed by atoms with Gasteiger partial charge in [0, 0.05) is 30.9 Å². The first-order valence-electron chi connectivity index (χ1n) is 5.02. The maximum atomic E-state index is 10.6. The van der Waals surface area contributed by atoms with Crippen LogP contribution in [0.15, 0.2) is 18.2 Å². The molecule has 0 radical (unpaired) electrons. The quantitative estimate of drug-likeness (QED) is 0.403. The summed E-state index contributed by atoms with van der Waals surface area (Å²) in [7, 11) is 0. The lowest BCUT2D eigenvalue weighted by molar-refractivity contribution is -0.384. The van der Waals surface area contributed by atoms with Crippen molar-refractivity contribution in [2.45, 2.75) is 6.92 Å². The van der Waals surface area contributed by atoms with Crippen molar-refractivity contribution in [1.29, 1.82) is 0 Å². The lowest BCUT2D eigenvalue weighted by atomic mass is 10.2. The molecule has 0 heterocycles. The second-order valence-electron chi connectivity index (χ2n) is 3.53. The summed E-state index contributed by atoms with van der Waals surface area (Å²) >= 11 is 0. The van der Waals surface area contributed by atoms with E-state index in [9.17, 15) is 14.9 Å². The zero-order valence-corrected chi connectivity index (χ0v) is 9.40. The van der Waals surface area contributed by atoms with Gasteiger partial charge < -0.3 is 16.4 Å². The number of nitro benzene ring substituents is 1. The number of hydrogen-bond donors (Lipinski definition) is 3. The highest BCUT2D eigenvalue weighted by molar-refractivity contribution is 5.71. The Morgan fingerprint density at radius 2 is 2.12 bits per heavy atom. The van der Waals surface area contributed by atoms with Gasteiger partial charge in [-0.3, -0.25) is 10.1 Å². The van der Waals surface area contributed by atoms with Crippen LogP contribution < -0.4 is 16.4 Å². The molecule has 0 saturated carbocycles. The number of urea groups is 1. The topological polar surface area (TPSA) is 110 Å². The number of nitrogens with two attached hydrogens (primary N) is 1. The average Bonchev–Trinajstić information content (AvgIpc) is 2.23. The second-order valence-corrected chi connectivity index (χ2v) is 3.53. The van der Waals surface area contributed by atoms with Crippen LogP contribution in [0.25, 0.3) is 0 Å². The van der Waals surface area contributed by atoms with E-state index in [1.807, 2.05) is 0 Å². The Hall–Kier alpha value is -2.31. The highest BCUT2D eigenvalue weighted by Gasteiger charge is 2.07. The molecule has 1 aromatic carbocycles. The minimum Gasteiger partial charge on any atom is -0.383 e. The fourth-order valence-electron chi connectivity index (χ4n) is 1.36. The molecule has 0 bridgehead atoms. The van der Waals surface area contributed by atoms with Gasteiger partial charge in [0.05, 0.1) is 4.92 Å². The van der Waals surface area contributed by atoms with Crippen LogP contribution in [0.4, 0.5) is 16.2 Å². The number of rotatable bonds is 5. The Bertz CT molecular complexity index is 434. The van der Waals surface area contributed by atoms with Gasteiger partial charge in [-0.25, -0.2) is 4.79 Å². The fraction of sp³-hybridized carbons (Fsp3) is 0.300. The average molecular weight is 238 g/mol. The first-order chi connectivity index (χ1) is 7.99. The van der Waals surface area contributed by atoms with Gasteiger partial charge in [0.25, 0.3) is 5.69 Å². The summed E-state index contributed by atoms with van der Waals surface area (Å²) in [6.07, 6.45) is 0. The highest BCUT2D eigenvalue weighted by atomic mass is 16.6. The van der Waals surface area contributed by atoms with Gasteiger partial charge in [0.15, 0.2) is 0 Å². The molecule has 0 atom stereocenters. The van der Waals surface area contributed by atoms with E-state index in [4.69, 9.17) is 5.73 Å². The van der Waals surface area contributed by atoms with Crippen molar-refractivity contribution >= 4 is 17.4 Å². The van der Waals surface area contributed by atoms with E-state index < -0.39 is 11.0 Å². The molecular formula is C10H14N4O3. The summed E-state index contributed by atoms with van der Waals surface area (Å²) in [6.45, 7) is 2.58. The van der Waals surface area contributed by atoms with Crippen molar-refractivity contribution in [3.05, 3.63) is 33.9 Å². The summed E-state index contributed by atoms with van der Waals surface area (Å²) in [4.78, 5) is 20.6. The normalized spacial score (nSPS) is 9.71. The maximum Gasteiger partial charge on any atom is 0.312 e. The molecule has 0 aromatic heterocycles. The number of hydrogen-bond acceptors (Lipinski definition) is 4. The van der Waals surface area contributed by atoms with E-state index in [-0.39, 0.29) is 5.69 Å². The maximum absolute atomic E-state index is 10.6. The molecule has 7 heteroatoms. The van der Waals surface area contributed by atoms with Gasteiger partial charge in [-0.15, -0.1) is 0 Å². The first kappa shape index (κ1) is 12.8. The first-order valence-corrected chi connectivity index (χ1v) is 5.02. The summed E-state index contributed by atoms with van der Waals surface area (Å²) in [5.74, 6) is 0. The van der Waals surface area contributed by atoms with Gasteiger partial charge in [0.2, 0.25) is 0 Å². The smallest absolute Gasteiger partial charge is 0.312 e. The van der Waals surface area contributed by atoms with Gasteiger partial charge in [-0.05, 0) is 18.6 Å². The number of amides is 2.